The van der Waals surface area contributed by atoms with Gasteiger partial charge in [0, 0.05) is 11.1 Å². The Morgan fingerprint density at radius 1 is 1.40 bits per heavy atom. The molecule has 0 saturated carbocycles. The first-order chi connectivity index (χ1) is 9.42. The van der Waals surface area contributed by atoms with Gasteiger partial charge in [0.05, 0.1) is 22.8 Å². The van der Waals surface area contributed by atoms with Crippen LogP contribution < -0.4 is 20.6 Å². The zero-order chi connectivity index (χ0) is 14.8. The molecule has 2 aromatic rings. The largest absolute Gasteiger partial charge is 0.397 e. The number of nitrogens with two attached hydrogens (primary N) is 1. The second-order valence-corrected chi connectivity index (χ2v) is 6.71. The highest BCUT2D eigenvalue weighted by atomic mass is 32.2. The molecule has 108 valence electrons. The predicted octanol–water partition coefficient (Wildman–Crippen LogP) is 0.539. The van der Waals surface area contributed by atoms with Crippen LogP contribution in [0.5, 0.6) is 0 Å². The summed E-state index contributed by atoms with van der Waals surface area (Å²) in [6.07, 6.45) is 0. The Bertz CT molecular complexity index is 764. The highest BCUT2D eigenvalue weighted by Crippen LogP contribution is 2.22. The van der Waals surface area contributed by atoms with Crippen LogP contribution in [0.1, 0.15) is 5.69 Å². The second kappa shape index (κ2) is 5.65. The lowest BCUT2D eigenvalue weighted by molar-refractivity contribution is 0.588. The summed E-state index contributed by atoms with van der Waals surface area (Å²) in [4.78, 5) is 13.6. The number of aromatic amines is 1. The van der Waals surface area contributed by atoms with E-state index in [4.69, 9.17) is 5.73 Å². The summed E-state index contributed by atoms with van der Waals surface area (Å²) in [5.74, 6) is 0. The van der Waals surface area contributed by atoms with Gasteiger partial charge in [0.25, 0.3) is 0 Å². The number of hydrogen-bond acceptors (Lipinski definition) is 6. The predicted molar refractivity (Wildman–Crippen MR) is 79.4 cm³/mol. The number of anilines is 2. The minimum atomic E-state index is -3.50. The minimum absolute atomic E-state index is 0.104. The third-order valence-corrected chi connectivity index (χ3v) is 4.77. The Morgan fingerprint density at radius 3 is 2.70 bits per heavy atom. The molecule has 0 atom stereocenters. The Labute approximate surface area is 119 Å². The van der Waals surface area contributed by atoms with Gasteiger partial charge in [0.2, 0.25) is 10.0 Å². The van der Waals surface area contributed by atoms with E-state index in [-0.39, 0.29) is 9.77 Å². The Hall–Kier alpha value is -1.84. The van der Waals surface area contributed by atoms with Crippen molar-refractivity contribution >= 4 is 32.7 Å². The Kier molecular flexibility index (Phi) is 4.12. The van der Waals surface area contributed by atoms with Crippen molar-refractivity contribution in [3.8, 4) is 0 Å². The third-order valence-electron chi connectivity index (χ3n) is 2.64. The summed E-state index contributed by atoms with van der Waals surface area (Å²) in [5, 5.41) is 4.75. The van der Waals surface area contributed by atoms with Gasteiger partial charge in [-0.1, -0.05) is 11.3 Å². The number of nitrogen functional groups attached to an aromatic ring is 1. The highest BCUT2D eigenvalue weighted by molar-refractivity contribution is 7.89. The number of thiazole rings is 1. The summed E-state index contributed by atoms with van der Waals surface area (Å²) in [6, 6.07) is 4.43. The van der Waals surface area contributed by atoms with Gasteiger partial charge in [-0.3, -0.25) is 4.79 Å². The van der Waals surface area contributed by atoms with Crippen LogP contribution in [0, 0.1) is 0 Å². The van der Waals surface area contributed by atoms with Crippen molar-refractivity contribution in [1.29, 1.82) is 0 Å². The molecule has 0 aliphatic rings. The van der Waals surface area contributed by atoms with E-state index in [0.717, 1.165) is 17.0 Å². The topological polar surface area (TPSA) is 117 Å². The Morgan fingerprint density at radius 2 is 2.15 bits per heavy atom. The van der Waals surface area contributed by atoms with E-state index in [1.54, 1.807) is 11.4 Å². The van der Waals surface area contributed by atoms with Crippen LogP contribution in [0.3, 0.4) is 0 Å². The molecule has 2 rings (SSSR count). The minimum Gasteiger partial charge on any atom is -0.397 e. The standard InChI is InChI=1S/C11H14N4O3S2/c1-13-20(17,18)8-2-3-10(9(12)4-8)14-5-7-6-19-11(16)15-7/h2-4,6,13-14H,5,12H2,1H3,(H,15,16). The third kappa shape index (κ3) is 3.18. The number of aromatic nitrogens is 1. The van der Waals surface area contributed by atoms with Gasteiger partial charge in [-0.2, -0.15) is 0 Å². The fourth-order valence-corrected chi connectivity index (χ4v) is 2.92. The molecular formula is C11H14N4O3S2. The molecule has 0 bridgehead atoms. The van der Waals surface area contributed by atoms with Crippen molar-refractivity contribution in [2.24, 2.45) is 0 Å². The molecule has 9 heteroatoms. The summed E-state index contributed by atoms with van der Waals surface area (Å²) < 4.78 is 25.5. The zero-order valence-electron chi connectivity index (χ0n) is 10.6. The van der Waals surface area contributed by atoms with Crippen LogP contribution in [0.2, 0.25) is 0 Å². The number of hydrogen-bond donors (Lipinski definition) is 4. The first kappa shape index (κ1) is 14.6. The molecule has 0 amide bonds. The lowest BCUT2D eigenvalue weighted by Gasteiger charge is -2.10. The quantitative estimate of drug-likeness (QED) is 0.601. The van der Waals surface area contributed by atoms with Gasteiger partial charge in [-0.25, -0.2) is 13.1 Å². The normalized spacial score (nSPS) is 11.4. The van der Waals surface area contributed by atoms with Gasteiger partial charge in [-0.15, -0.1) is 0 Å². The molecule has 1 aromatic heterocycles. The van der Waals surface area contributed by atoms with Crippen LogP contribution >= 0.6 is 11.3 Å². The summed E-state index contributed by atoms with van der Waals surface area (Å²) in [7, 11) is -2.17. The van der Waals surface area contributed by atoms with E-state index >= 15 is 0 Å². The average Bonchev–Trinajstić information content (AvgIpc) is 2.83. The van der Waals surface area contributed by atoms with Crippen molar-refractivity contribution in [1.82, 2.24) is 9.71 Å². The van der Waals surface area contributed by atoms with Crippen LogP contribution in [0.25, 0.3) is 0 Å². The lowest BCUT2D eigenvalue weighted by atomic mass is 10.2. The van der Waals surface area contributed by atoms with E-state index in [1.165, 1.54) is 19.2 Å². The van der Waals surface area contributed by atoms with Crippen LogP contribution in [-0.4, -0.2) is 20.4 Å². The van der Waals surface area contributed by atoms with Crippen LogP contribution in [0.15, 0.2) is 33.3 Å². The molecule has 0 unspecified atom stereocenters. The van der Waals surface area contributed by atoms with Crippen molar-refractivity contribution in [3.05, 3.63) is 38.9 Å². The van der Waals surface area contributed by atoms with E-state index in [2.05, 4.69) is 15.0 Å². The number of rotatable bonds is 5. The van der Waals surface area contributed by atoms with Crippen LogP contribution in [-0.2, 0) is 16.6 Å². The van der Waals surface area contributed by atoms with Gasteiger partial charge >= 0.3 is 4.87 Å². The highest BCUT2D eigenvalue weighted by Gasteiger charge is 2.12. The number of sulfonamides is 1. The van der Waals surface area contributed by atoms with Gasteiger partial charge in [0.1, 0.15) is 0 Å². The van der Waals surface area contributed by atoms with Gasteiger partial charge in [-0.05, 0) is 25.2 Å². The summed E-state index contributed by atoms with van der Waals surface area (Å²) in [6.45, 7) is 0.404. The smallest absolute Gasteiger partial charge is 0.304 e. The monoisotopic (exact) mass is 314 g/mol. The molecule has 0 saturated heterocycles. The summed E-state index contributed by atoms with van der Waals surface area (Å²) in [5.41, 5.74) is 7.48. The van der Waals surface area contributed by atoms with Crippen molar-refractivity contribution in [2.75, 3.05) is 18.1 Å². The number of benzene rings is 1. The van der Waals surface area contributed by atoms with Gasteiger partial charge < -0.3 is 16.0 Å². The first-order valence-electron chi connectivity index (χ1n) is 5.66. The molecule has 0 fully saturated rings. The second-order valence-electron chi connectivity index (χ2n) is 3.98. The summed E-state index contributed by atoms with van der Waals surface area (Å²) >= 11 is 1.08. The molecule has 1 heterocycles. The fourth-order valence-electron chi connectivity index (χ4n) is 1.58. The molecular weight excluding hydrogens is 300 g/mol. The maximum absolute atomic E-state index is 11.6. The molecule has 0 aliphatic carbocycles. The van der Waals surface area contributed by atoms with E-state index in [0.29, 0.717) is 17.9 Å². The maximum Gasteiger partial charge on any atom is 0.304 e. The number of H-pyrrole nitrogens is 1. The molecule has 20 heavy (non-hydrogen) atoms. The van der Waals surface area contributed by atoms with Crippen molar-refractivity contribution in [2.45, 2.75) is 11.4 Å². The molecule has 7 nitrogen and oxygen atoms in total. The molecule has 0 aliphatic heterocycles. The Balaban J connectivity index is 2.16. The van der Waals surface area contributed by atoms with Crippen LogP contribution in [0.4, 0.5) is 11.4 Å². The van der Waals surface area contributed by atoms with E-state index in [1.807, 2.05) is 0 Å². The number of nitrogens with one attached hydrogen (secondary N) is 3. The first-order valence-corrected chi connectivity index (χ1v) is 8.02. The van der Waals surface area contributed by atoms with E-state index < -0.39 is 10.0 Å². The SMILES string of the molecule is CNS(=O)(=O)c1ccc(NCc2csc(=O)[nH]2)c(N)c1. The van der Waals surface area contributed by atoms with Gasteiger partial charge in [0.15, 0.2) is 0 Å². The molecule has 5 N–H and O–H groups in total. The van der Waals surface area contributed by atoms with Crippen molar-refractivity contribution in [3.63, 3.8) is 0 Å². The maximum atomic E-state index is 11.6. The zero-order valence-corrected chi connectivity index (χ0v) is 12.3. The molecule has 1 aromatic carbocycles. The molecule has 0 spiro atoms. The van der Waals surface area contributed by atoms with Crippen molar-refractivity contribution < 1.29 is 8.42 Å². The molecule has 0 radical (unpaired) electrons. The average molecular weight is 314 g/mol. The van der Waals surface area contributed by atoms with E-state index in [9.17, 15) is 13.2 Å². The lowest BCUT2D eigenvalue weighted by Crippen LogP contribution is -2.18. The fraction of sp³-hybridized carbons (Fsp3) is 0.182.